The largest absolute Gasteiger partial charge is 0.294 e. The maximum Gasteiger partial charge on any atom is 0.168 e. The zero-order valence-corrected chi connectivity index (χ0v) is 10.7. The Bertz CT molecular complexity index is 479. The number of halogens is 1. The van der Waals surface area contributed by atoms with Crippen LogP contribution in [0.4, 0.5) is 0 Å². The number of carbonyl (C=O) groups excluding carboxylic acids is 1. The van der Waals surface area contributed by atoms with Gasteiger partial charge < -0.3 is 0 Å². The van der Waals surface area contributed by atoms with E-state index in [-0.39, 0.29) is 5.78 Å². The van der Waals surface area contributed by atoms with Crippen molar-refractivity contribution in [3.63, 3.8) is 0 Å². The molecule has 16 heavy (non-hydrogen) atoms. The maximum atomic E-state index is 11.9. The number of rotatable bonds is 3. The fourth-order valence-electron chi connectivity index (χ4n) is 1.41. The third kappa shape index (κ3) is 2.88. The van der Waals surface area contributed by atoms with Crippen molar-refractivity contribution in [2.45, 2.75) is 6.42 Å². The first-order valence-corrected chi connectivity index (χ1v) is 6.02. The fraction of sp³-hybridized carbons (Fsp3) is 0.0769. The summed E-state index contributed by atoms with van der Waals surface area (Å²) in [6, 6.07) is 13.2. The predicted octanol–water partition coefficient (Wildman–Crippen LogP) is 3.11. The molecule has 0 aliphatic rings. The molecule has 0 atom stereocenters. The molecule has 0 unspecified atom stereocenters. The fourth-order valence-corrected chi connectivity index (χ4v) is 1.76. The molecule has 1 heterocycles. The molecule has 2 aromatic rings. The number of ketones is 1. The van der Waals surface area contributed by atoms with Gasteiger partial charge in [-0.3, -0.25) is 9.78 Å². The Morgan fingerprint density at radius 1 is 1.12 bits per heavy atom. The molecule has 80 valence electrons. The van der Waals surface area contributed by atoms with Gasteiger partial charge in [0.1, 0.15) is 0 Å². The summed E-state index contributed by atoms with van der Waals surface area (Å²) in [5.74, 6) is 0.107. The Morgan fingerprint density at radius 2 is 1.88 bits per heavy atom. The second-order valence-electron chi connectivity index (χ2n) is 3.43. The standard InChI is InChI=1S/C13H10INO/c14-11-6-4-10(5-7-11)13(16)9-12-3-1-2-8-15-12/h1-8H,9H2. The highest BCUT2D eigenvalue weighted by Crippen LogP contribution is 2.09. The van der Waals surface area contributed by atoms with Crippen LogP contribution < -0.4 is 0 Å². The van der Waals surface area contributed by atoms with Crippen LogP contribution in [-0.2, 0) is 6.42 Å². The predicted molar refractivity (Wildman–Crippen MR) is 71.4 cm³/mol. The summed E-state index contributed by atoms with van der Waals surface area (Å²) < 4.78 is 1.13. The Hall–Kier alpha value is -1.23. The van der Waals surface area contributed by atoms with Crippen LogP contribution in [0.1, 0.15) is 16.1 Å². The van der Waals surface area contributed by atoms with E-state index in [4.69, 9.17) is 0 Å². The SMILES string of the molecule is O=C(Cc1ccccn1)c1ccc(I)cc1. The van der Waals surface area contributed by atoms with Gasteiger partial charge in [0.05, 0.1) is 6.42 Å². The molecule has 0 amide bonds. The van der Waals surface area contributed by atoms with Gasteiger partial charge in [0.15, 0.2) is 5.78 Å². The van der Waals surface area contributed by atoms with E-state index in [9.17, 15) is 4.79 Å². The first-order valence-electron chi connectivity index (χ1n) is 4.94. The van der Waals surface area contributed by atoms with E-state index in [2.05, 4.69) is 27.6 Å². The molecule has 0 aliphatic carbocycles. The number of Topliss-reactive ketones (excluding diaryl/α,β-unsaturated/α-hetero) is 1. The van der Waals surface area contributed by atoms with Crippen LogP contribution in [0.15, 0.2) is 48.7 Å². The van der Waals surface area contributed by atoms with E-state index < -0.39 is 0 Å². The summed E-state index contributed by atoms with van der Waals surface area (Å²) >= 11 is 2.22. The molecular weight excluding hydrogens is 313 g/mol. The van der Waals surface area contributed by atoms with Crippen LogP contribution >= 0.6 is 22.6 Å². The summed E-state index contributed by atoms with van der Waals surface area (Å²) in [5, 5.41) is 0. The quantitative estimate of drug-likeness (QED) is 0.642. The average molecular weight is 323 g/mol. The molecule has 0 saturated heterocycles. The second kappa shape index (κ2) is 5.21. The van der Waals surface area contributed by atoms with E-state index in [0.717, 1.165) is 14.8 Å². The minimum atomic E-state index is 0.107. The average Bonchev–Trinajstić information content (AvgIpc) is 2.31. The van der Waals surface area contributed by atoms with Crippen LogP contribution in [0.3, 0.4) is 0 Å². The highest BCUT2D eigenvalue weighted by molar-refractivity contribution is 14.1. The normalized spacial score (nSPS) is 10.1. The minimum absolute atomic E-state index is 0.107. The molecule has 0 aliphatic heterocycles. The lowest BCUT2D eigenvalue weighted by Crippen LogP contribution is -2.04. The van der Waals surface area contributed by atoms with Crippen molar-refractivity contribution in [1.82, 2.24) is 4.98 Å². The molecule has 0 radical (unpaired) electrons. The molecule has 0 fully saturated rings. The lowest BCUT2D eigenvalue weighted by Gasteiger charge is -2.00. The van der Waals surface area contributed by atoms with Gasteiger partial charge in [0, 0.05) is 21.0 Å². The van der Waals surface area contributed by atoms with Crippen molar-refractivity contribution in [3.8, 4) is 0 Å². The van der Waals surface area contributed by atoms with Crippen LogP contribution in [-0.4, -0.2) is 10.8 Å². The molecule has 0 bridgehead atoms. The minimum Gasteiger partial charge on any atom is -0.294 e. The molecule has 0 N–H and O–H groups in total. The van der Waals surface area contributed by atoms with E-state index in [1.54, 1.807) is 6.20 Å². The van der Waals surface area contributed by atoms with Crippen molar-refractivity contribution in [1.29, 1.82) is 0 Å². The van der Waals surface area contributed by atoms with Gasteiger partial charge >= 0.3 is 0 Å². The van der Waals surface area contributed by atoms with Gasteiger partial charge in [-0.05, 0) is 46.9 Å². The maximum absolute atomic E-state index is 11.9. The Kier molecular flexibility index (Phi) is 3.66. The Morgan fingerprint density at radius 3 is 2.50 bits per heavy atom. The number of carbonyl (C=O) groups is 1. The summed E-state index contributed by atoms with van der Waals surface area (Å²) in [7, 11) is 0. The molecule has 0 saturated carbocycles. The van der Waals surface area contributed by atoms with Crippen molar-refractivity contribution >= 4 is 28.4 Å². The number of hydrogen-bond donors (Lipinski definition) is 0. The van der Waals surface area contributed by atoms with Gasteiger partial charge in [-0.1, -0.05) is 18.2 Å². The zero-order valence-electron chi connectivity index (χ0n) is 8.56. The van der Waals surface area contributed by atoms with Crippen molar-refractivity contribution in [2.24, 2.45) is 0 Å². The summed E-state index contributed by atoms with van der Waals surface area (Å²) in [4.78, 5) is 16.0. The van der Waals surface area contributed by atoms with E-state index in [1.165, 1.54) is 0 Å². The summed E-state index contributed by atoms with van der Waals surface area (Å²) in [6.07, 6.45) is 2.07. The van der Waals surface area contributed by atoms with Crippen LogP contribution in [0.5, 0.6) is 0 Å². The Balaban J connectivity index is 2.12. The highest BCUT2D eigenvalue weighted by atomic mass is 127. The van der Waals surface area contributed by atoms with Crippen LogP contribution in [0.2, 0.25) is 0 Å². The molecule has 1 aromatic heterocycles. The topological polar surface area (TPSA) is 30.0 Å². The van der Waals surface area contributed by atoms with Gasteiger partial charge in [0.25, 0.3) is 0 Å². The molecule has 3 heteroatoms. The molecule has 2 nitrogen and oxygen atoms in total. The summed E-state index contributed by atoms with van der Waals surface area (Å²) in [6.45, 7) is 0. The zero-order chi connectivity index (χ0) is 11.4. The number of benzene rings is 1. The van der Waals surface area contributed by atoms with Crippen molar-refractivity contribution in [3.05, 3.63) is 63.5 Å². The third-order valence-corrected chi connectivity index (χ3v) is 2.95. The molecule has 2 rings (SSSR count). The number of aromatic nitrogens is 1. The van der Waals surface area contributed by atoms with E-state index >= 15 is 0 Å². The highest BCUT2D eigenvalue weighted by Gasteiger charge is 2.06. The lowest BCUT2D eigenvalue weighted by atomic mass is 10.1. The van der Waals surface area contributed by atoms with Crippen molar-refractivity contribution < 1.29 is 4.79 Å². The third-order valence-electron chi connectivity index (χ3n) is 2.23. The van der Waals surface area contributed by atoms with Gasteiger partial charge in [-0.15, -0.1) is 0 Å². The van der Waals surface area contributed by atoms with E-state index in [1.807, 2.05) is 42.5 Å². The van der Waals surface area contributed by atoms with Gasteiger partial charge in [0.2, 0.25) is 0 Å². The first-order chi connectivity index (χ1) is 7.75. The van der Waals surface area contributed by atoms with E-state index in [0.29, 0.717) is 6.42 Å². The molecule has 0 spiro atoms. The Labute approximate surface area is 108 Å². The van der Waals surface area contributed by atoms with Gasteiger partial charge in [-0.25, -0.2) is 0 Å². The summed E-state index contributed by atoms with van der Waals surface area (Å²) in [5.41, 5.74) is 1.55. The smallest absolute Gasteiger partial charge is 0.168 e. The second-order valence-corrected chi connectivity index (χ2v) is 4.67. The number of hydrogen-bond acceptors (Lipinski definition) is 2. The van der Waals surface area contributed by atoms with Crippen LogP contribution in [0.25, 0.3) is 0 Å². The molecular formula is C13H10INO. The van der Waals surface area contributed by atoms with Crippen molar-refractivity contribution in [2.75, 3.05) is 0 Å². The monoisotopic (exact) mass is 323 g/mol. The number of pyridine rings is 1. The number of nitrogens with zero attached hydrogens (tertiary/aromatic N) is 1. The van der Waals surface area contributed by atoms with Gasteiger partial charge in [-0.2, -0.15) is 0 Å². The van der Waals surface area contributed by atoms with Crippen LogP contribution in [0, 0.1) is 3.57 Å². The first kappa shape index (κ1) is 11.3. The molecule has 1 aromatic carbocycles. The lowest BCUT2D eigenvalue weighted by molar-refractivity contribution is 0.0992.